The van der Waals surface area contributed by atoms with Crippen LogP contribution in [0, 0.1) is 11.3 Å². The number of nitriles is 1. The van der Waals surface area contributed by atoms with E-state index in [1.54, 1.807) is 16.7 Å². The molecule has 2 aromatic rings. The monoisotopic (exact) mass is 423 g/mol. The fraction of sp³-hybridized carbons (Fsp3) is 0.333. The molecule has 0 saturated heterocycles. The highest BCUT2D eigenvalue weighted by Gasteiger charge is 2.41. The van der Waals surface area contributed by atoms with Crippen molar-refractivity contribution < 1.29 is 4.79 Å². The predicted octanol–water partition coefficient (Wildman–Crippen LogP) is 4.34. The van der Waals surface area contributed by atoms with Gasteiger partial charge in [0.1, 0.15) is 5.82 Å². The zero-order valence-electron chi connectivity index (χ0n) is 16.3. The van der Waals surface area contributed by atoms with Gasteiger partial charge < -0.3 is 5.73 Å². The van der Waals surface area contributed by atoms with E-state index in [-0.39, 0.29) is 5.78 Å². The molecule has 1 aliphatic carbocycles. The Balaban J connectivity index is 1.88. The maximum Gasteiger partial charge on any atom is 0.219 e. The molecule has 2 N–H and O–H groups in total. The summed E-state index contributed by atoms with van der Waals surface area (Å²) in [6.45, 7) is 4.19. The Hall–Kier alpha value is -2.63. The van der Waals surface area contributed by atoms with Crippen LogP contribution in [0.2, 0.25) is 0 Å². The molecule has 4 rings (SSSR count). The van der Waals surface area contributed by atoms with E-state index in [2.05, 4.69) is 30.1 Å². The molecule has 1 aromatic heterocycles. The summed E-state index contributed by atoms with van der Waals surface area (Å²) in [7, 11) is 0. The van der Waals surface area contributed by atoms with Crippen molar-refractivity contribution in [3.05, 3.63) is 58.6 Å². The molecule has 1 unspecified atom stereocenters. The van der Waals surface area contributed by atoms with Crippen LogP contribution in [-0.2, 0) is 4.79 Å². The van der Waals surface area contributed by atoms with Crippen LogP contribution in [0.5, 0.6) is 0 Å². The Kier molecular flexibility index (Phi) is 5.43. The largest absolute Gasteiger partial charge is 0.384 e. The standard InChI is InChI=1S/C21H21N5OS2/c1-12(2)28-21-25-24-20(29-21)26-15-9-6-10-16(27)18(15)17(14(11-22)19(26)23)13-7-4-3-5-8-13/h3-5,7-8,12,17H,6,9-10,23H2,1-2H3. The summed E-state index contributed by atoms with van der Waals surface area (Å²) >= 11 is 3.07. The molecule has 8 heteroatoms. The molecule has 2 aliphatic rings. The first kappa shape index (κ1) is 19.7. The summed E-state index contributed by atoms with van der Waals surface area (Å²) in [4.78, 5) is 14.8. The lowest BCUT2D eigenvalue weighted by atomic mass is 9.76. The number of benzene rings is 1. The fourth-order valence-electron chi connectivity index (χ4n) is 3.83. The Morgan fingerprint density at radius 2 is 2.03 bits per heavy atom. The summed E-state index contributed by atoms with van der Waals surface area (Å²) in [5.74, 6) is -0.0172. The number of Topliss-reactive ketones (excluding diaryl/α,β-unsaturated/α-hetero) is 1. The van der Waals surface area contributed by atoms with Gasteiger partial charge in [0.15, 0.2) is 10.1 Å². The van der Waals surface area contributed by atoms with Crippen molar-refractivity contribution in [2.24, 2.45) is 5.73 Å². The molecule has 2 heterocycles. The molecule has 0 bridgehead atoms. The van der Waals surface area contributed by atoms with Gasteiger partial charge in [0.25, 0.3) is 0 Å². The Morgan fingerprint density at radius 1 is 1.28 bits per heavy atom. The number of hydrogen-bond acceptors (Lipinski definition) is 8. The summed E-state index contributed by atoms with van der Waals surface area (Å²) < 4.78 is 0.843. The average molecular weight is 424 g/mol. The zero-order valence-corrected chi connectivity index (χ0v) is 17.9. The number of rotatable bonds is 4. The molecule has 6 nitrogen and oxygen atoms in total. The Morgan fingerprint density at radius 3 is 2.72 bits per heavy atom. The van der Waals surface area contributed by atoms with Crippen LogP contribution in [0.15, 0.2) is 57.3 Å². The molecular formula is C21H21N5OS2. The Labute approximate surface area is 178 Å². The lowest BCUT2D eigenvalue weighted by Gasteiger charge is -2.38. The minimum Gasteiger partial charge on any atom is -0.384 e. The van der Waals surface area contributed by atoms with Gasteiger partial charge in [-0.15, -0.1) is 10.2 Å². The summed E-state index contributed by atoms with van der Waals surface area (Å²) in [6, 6.07) is 11.9. The molecular weight excluding hydrogens is 402 g/mol. The number of hydrogen-bond donors (Lipinski definition) is 1. The highest BCUT2D eigenvalue weighted by Crippen LogP contribution is 2.47. The van der Waals surface area contributed by atoms with Crippen molar-refractivity contribution in [2.75, 3.05) is 4.90 Å². The van der Waals surface area contributed by atoms with Crippen LogP contribution < -0.4 is 10.6 Å². The maximum atomic E-state index is 13.0. The second kappa shape index (κ2) is 8.01. The highest BCUT2D eigenvalue weighted by molar-refractivity contribution is 8.01. The summed E-state index contributed by atoms with van der Waals surface area (Å²) in [5.41, 5.74) is 9.34. The number of ketones is 1. The number of allylic oxidation sites excluding steroid dienone is 3. The van der Waals surface area contributed by atoms with E-state index in [9.17, 15) is 10.1 Å². The van der Waals surface area contributed by atoms with Gasteiger partial charge in [-0.25, -0.2) is 0 Å². The smallest absolute Gasteiger partial charge is 0.219 e. The van der Waals surface area contributed by atoms with Crippen LogP contribution in [0.25, 0.3) is 0 Å². The zero-order chi connectivity index (χ0) is 20.5. The molecule has 0 spiro atoms. The molecule has 1 aliphatic heterocycles. The normalized spacial score (nSPS) is 19.6. The number of nitrogens with two attached hydrogens (primary N) is 1. The third-order valence-electron chi connectivity index (χ3n) is 4.97. The van der Waals surface area contributed by atoms with Crippen molar-refractivity contribution in [3.63, 3.8) is 0 Å². The van der Waals surface area contributed by atoms with Crippen LogP contribution in [0.4, 0.5) is 5.13 Å². The predicted molar refractivity (Wildman–Crippen MR) is 115 cm³/mol. The summed E-state index contributed by atoms with van der Waals surface area (Å²) in [6.07, 6.45) is 1.96. The molecule has 29 heavy (non-hydrogen) atoms. The van der Waals surface area contributed by atoms with Gasteiger partial charge in [-0.3, -0.25) is 9.69 Å². The SMILES string of the molecule is CC(C)Sc1nnc(N2C(N)=C(C#N)C(c3ccccc3)C3=C2CCCC3=O)s1. The maximum absolute atomic E-state index is 13.0. The molecule has 0 saturated carbocycles. The fourth-order valence-corrected chi connectivity index (χ4v) is 5.93. The first-order chi connectivity index (χ1) is 14.0. The van der Waals surface area contributed by atoms with E-state index in [4.69, 9.17) is 5.73 Å². The number of anilines is 1. The van der Waals surface area contributed by atoms with E-state index in [0.717, 1.165) is 28.4 Å². The minimum atomic E-state index is -0.433. The second-order valence-electron chi connectivity index (χ2n) is 7.24. The van der Waals surface area contributed by atoms with E-state index in [1.807, 2.05) is 30.3 Å². The van der Waals surface area contributed by atoms with Crippen molar-refractivity contribution in [1.82, 2.24) is 10.2 Å². The third kappa shape index (κ3) is 3.56. The van der Waals surface area contributed by atoms with Crippen LogP contribution in [0.1, 0.15) is 44.6 Å². The Bertz CT molecular complexity index is 1050. The van der Waals surface area contributed by atoms with E-state index >= 15 is 0 Å². The second-order valence-corrected chi connectivity index (χ2v) is 10.0. The lowest BCUT2D eigenvalue weighted by Crippen LogP contribution is -2.38. The van der Waals surface area contributed by atoms with Crippen molar-refractivity contribution in [1.29, 1.82) is 5.26 Å². The van der Waals surface area contributed by atoms with Crippen LogP contribution in [-0.4, -0.2) is 21.2 Å². The van der Waals surface area contributed by atoms with Gasteiger partial charge in [-0.05, 0) is 18.4 Å². The number of thioether (sulfide) groups is 1. The molecule has 0 fully saturated rings. The van der Waals surface area contributed by atoms with Crippen molar-refractivity contribution in [2.45, 2.75) is 48.6 Å². The average Bonchev–Trinajstić information content (AvgIpc) is 3.15. The van der Waals surface area contributed by atoms with E-state index in [0.29, 0.717) is 33.8 Å². The van der Waals surface area contributed by atoms with Gasteiger partial charge in [0.05, 0.1) is 17.6 Å². The molecule has 148 valence electrons. The van der Waals surface area contributed by atoms with E-state index < -0.39 is 5.92 Å². The van der Waals surface area contributed by atoms with Crippen LogP contribution in [0.3, 0.4) is 0 Å². The first-order valence-electron chi connectivity index (χ1n) is 9.52. The van der Waals surface area contributed by atoms with Gasteiger partial charge in [-0.2, -0.15) is 5.26 Å². The number of carbonyl (C=O) groups is 1. The third-order valence-corrected chi connectivity index (χ3v) is 6.97. The lowest BCUT2D eigenvalue weighted by molar-refractivity contribution is -0.116. The van der Waals surface area contributed by atoms with Gasteiger partial charge >= 0.3 is 0 Å². The van der Waals surface area contributed by atoms with Crippen LogP contribution >= 0.6 is 23.1 Å². The van der Waals surface area contributed by atoms with Crippen molar-refractivity contribution in [3.8, 4) is 6.07 Å². The quantitative estimate of drug-likeness (QED) is 0.731. The summed E-state index contributed by atoms with van der Waals surface area (Å²) in [5, 5.41) is 19.6. The first-order valence-corrected chi connectivity index (χ1v) is 11.2. The molecule has 1 aromatic carbocycles. The van der Waals surface area contributed by atoms with Crippen molar-refractivity contribution >= 4 is 34.0 Å². The van der Waals surface area contributed by atoms with Gasteiger partial charge in [0.2, 0.25) is 5.13 Å². The number of nitrogens with zero attached hydrogens (tertiary/aromatic N) is 4. The minimum absolute atomic E-state index is 0.0756. The molecule has 0 amide bonds. The topological polar surface area (TPSA) is 95.9 Å². The number of aromatic nitrogens is 2. The van der Waals surface area contributed by atoms with Gasteiger partial charge in [-0.1, -0.05) is 67.3 Å². The number of carbonyl (C=O) groups excluding carboxylic acids is 1. The van der Waals surface area contributed by atoms with E-state index in [1.165, 1.54) is 11.3 Å². The molecule has 1 atom stereocenters. The highest BCUT2D eigenvalue weighted by atomic mass is 32.2. The molecule has 0 radical (unpaired) electrons. The van der Waals surface area contributed by atoms with Gasteiger partial charge in [0, 0.05) is 22.9 Å².